The van der Waals surface area contributed by atoms with Gasteiger partial charge in [0.25, 0.3) is 5.91 Å². The zero-order chi connectivity index (χ0) is 20.3. The van der Waals surface area contributed by atoms with Crippen molar-refractivity contribution in [3.63, 3.8) is 0 Å². The topological polar surface area (TPSA) is 79.7 Å². The number of amides is 1. The van der Waals surface area contributed by atoms with E-state index in [2.05, 4.69) is 10.0 Å². The Kier molecular flexibility index (Phi) is 6.12. The molecule has 2 aromatic carbocycles. The van der Waals surface area contributed by atoms with Crippen LogP contribution in [0.2, 0.25) is 0 Å². The van der Waals surface area contributed by atoms with E-state index in [-0.39, 0.29) is 23.2 Å². The molecule has 0 aliphatic heterocycles. The number of hydrogen-bond donors (Lipinski definition) is 3. The van der Waals surface area contributed by atoms with Crippen molar-refractivity contribution < 1.29 is 22.5 Å². The molecule has 1 aliphatic rings. The van der Waals surface area contributed by atoms with Crippen molar-refractivity contribution in [2.75, 3.05) is 18.9 Å². The van der Waals surface area contributed by atoms with Gasteiger partial charge in [-0.3, -0.25) is 4.79 Å². The molecule has 8 heteroatoms. The molecule has 3 rings (SSSR count). The third-order valence-electron chi connectivity index (χ3n) is 4.92. The first kappa shape index (κ1) is 20.4. The summed E-state index contributed by atoms with van der Waals surface area (Å²) in [6, 6.07) is 11.6. The Morgan fingerprint density at radius 2 is 1.86 bits per heavy atom. The van der Waals surface area contributed by atoms with Gasteiger partial charge in [-0.2, -0.15) is 0 Å². The van der Waals surface area contributed by atoms with Gasteiger partial charge in [-0.05, 0) is 43.8 Å². The average molecular weight is 407 g/mol. The number of anilines is 1. The van der Waals surface area contributed by atoms with Crippen LogP contribution < -0.4 is 14.9 Å². The second-order valence-electron chi connectivity index (χ2n) is 7.15. The van der Waals surface area contributed by atoms with Crippen molar-refractivity contribution >= 4 is 21.6 Å². The fourth-order valence-corrected chi connectivity index (χ4v) is 4.19. The number of sulfonamides is 1. The van der Waals surface area contributed by atoms with Gasteiger partial charge in [-0.1, -0.05) is 18.2 Å². The molecule has 0 bridgehead atoms. The van der Waals surface area contributed by atoms with Crippen molar-refractivity contribution in [3.8, 4) is 0 Å². The molecule has 1 atom stereocenters. The second-order valence-corrected chi connectivity index (χ2v) is 9.00. The largest absolute Gasteiger partial charge is 0.321 e. The lowest BCUT2D eigenvalue weighted by Gasteiger charge is -2.19. The number of rotatable bonds is 8. The summed E-state index contributed by atoms with van der Waals surface area (Å²) in [4.78, 5) is 13.8. The van der Waals surface area contributed by atoms with Crippen LogP contribution in [0.15, 0.2) is 47.4 Å². The monoisotopic (exact) mass is 406 g/mol. The third-order valence-corrected chi connectivity index (χ3v) is 6.47. The SMILES string of the molecule is CNS(=O)(=O)c1cc(NC(=O)C[NH+](Cc2ccc(F)cc2)C2CC2)ccc1C. The molecule has 2 aromatic rings. The van der Waals surface area contributed by atoms with Gasteiger partial charge in [0, 0.05) is 24.1 Å². The fourth-order valence-electron chi connectivity index (χ4n) is 3.20. The summed E-state index contributed by atoms with van der Waals surface area (Å²) < 4.78 is 39.6. The van der Waals surface area contributed by atoms with Crippen molar-refractivity contribution in [2.45, 2.75) is 37.2 Å². The molecule has 1 unspecified atom stereocenters. The van der Waals surface area contributed by atoms with Crippen LogP contribution in [0.5, 0.6) is 0 Å². The highest BCUT2D eigenvalue weighted by Crippen LogP contribution is 2.20. The van der Waals surface area contributed by atoms with Crippen LogP contribution >= 0.6 is 0 Å². The third kappa shape index (κ3) is 5.15. The van der Waals surface area contributed by atoms with Gasteiger partial charge in [0.05, 0.1) is 10.9 Å². The van der Waals surface area contributed by atoms with Gasteiger partial charge >= 0.3 is 0 Å². The smallest absolute Gasteiger partial charge is 0.279 e. The first-order valence-corrected chi connectivity index (χ1v) is 10.7. The Balaban J connectivity index is 1.68. The number of halogens is 1. The van der Waals surface area contributed by atoms with E-state index >= 15 is 0 Å². The molecule has 1 amide bonds. The molecule has 6 nitrogen and oxygen atoms in total. The van der Waals surface area contributed by atoms with Gasteiger partial charge in [-0.15, -0.1) is 0 Å². The van der Waals surface area contributed by atoms with Crippen LogP contribution in [0.25, 0.3) is 0 Å². The summed E-state index contributed by atoms with van der Waals surface area (Å²) >= 11 is 0. The highest BCUT2D eigenvalue weighted by molar-refractivity contribution is 7.89. The van der Waals surface area contributed by atoms with Crippen LogP contribution in [0.1, 0.15) is 24.0 Å². The summed E-state index contributed by atoms with van der Waals surface area (Å²) in [5, 5.41) is 2.80. The predicted octanol–water partition coefficient (Wildman–Crippen LogP) is 1.23. The number of aryl methyl sites for hydroxylation is 1. The van der Waals surface area contributed by atoms with Crippen molar-refractivity contribution in [2.24, 2.45) is 0 Å². The number of benzene rings is 2. The van der Waals surface area contributed by atoms with Gasteiger partial charge in [-0.25, -0.2) is 17.5 Å². The first-order chi connectivity index (χ1) is 13.3. The maximum absolute atomic E-state index is 13.1. The Morgan fingerprint density at radius 3 is 2.46 bits per heavy atom. The van der Waals surface area contributed by atoms with Crippen LogP contribution in [0.4, 0.5) is 10.1 Å². The Labute approximate surface area is 164 Å². The van der Waals surface area contributed by atoms with Gasteiger partial charge in [0.15, 0.2) is 6.54 Å². The number of nitrogens with one attached hydrogen (secondary N) is 3. The molecule has 0 aromatic heterocycles. The molecular weight excluding hydrogens is 381 g/mol. The zero-order valence-electron chi connectivity index (χ0n) is 16.0. The quantitative estimate of drug-likeness (QED) is 0.617. The normalized spacial score (nSPS) is 15.2. The highest BCUT2D eigenvalue weighted by Gasteiger charge is 2.34. The van der Waals surface area contributed by atoms with Gasteiger partial charge < -0.3 is 10.2 Å². The van der Waals surface area contributed by atoms with E-state index in [1.165, 1.54) is 25.2 Å². The number of hydrogen-bond acceptors (Lipinski definition) is 3. The Bertz CT molecular complexity index is 957. The summed E-state index contributed by atoms with van der Waals surface area (Å²) in [5.74, 6) is -0.457. The van der Waals surface area contributed by atoms with Crippen LogP contribution in [-0.2, 0) is 21.4 Å². The Hall–Kier alpha value is -2.29. The van der Waals surface area contributed by atoms with E-state index in [1.807, 2.05) is 0 Å². The molecule has 1 saturated carbocycles. The number of quaternary nitrogens is 1. The lowest BCUT2D eigenvalue weighted by atomic mass is 10.2. The standard InChI is InChI=1S/C20H24FN3O3S/c1-14-3-8-17(11-19(14)28(26,27)22-2)23-20(25)13-24(18-9-10-18)12-15-4-6-16(21)7-5-15/h3-8,11,18,22H,9-10,12-13H2,1-2H3,(H,23,25)/p+1. The molecule has 0 saturated heterocycles. The van der Waals surface area contributed by atoms with Crippen LogP contribution in [0.3, 0.4) is 0 Å². The van der Waals surface area contributed by atoms with Crippen LogP contribution in [-0.4, -0.2) is 34.0 Å². The lowest BCUT2D eigenvalue weighted by molar-refractivity contribution is -0.916. The minimum Gasteiger partial charge on any atom is -0.321 e. The van der Waals surface area contributed by atoms with E-state index in [9.17, 15) is 17.6 Å². The molecule has 28 heavy (non-hydrogen) atoms. The van der Waals surface area contributed by atoms with Crippen molar-refractivity contribution in [1.29, 1.82) is 0 Å². The summed E-state index contributed by atoms with van der Waals surface area (Å²) in [7, 11) is -2.24. The molecular formula is C20H25FN3O3S+. The fraction of sp³-hybridized carbons (Fsp3) is 0.350. The molecule has 1 aliphatic carbocycles. The molecule has 0 spiro atoms. The lowest BCUT2D eigenvalue weighted by Crippen LogP contribution is -3.13. The van der Waals surface area contributed by atoms with E-state index in [4.69, 9.17) is 0 Å². The van der Waals surface area contributed by atoms with E-state index in [0.29, 0.717) is 23.8 Å². The highest BCUT2D eigenvalue weighted by atomic mass is 32.2. The van der Waals surface area contributed by atoms with Gasteiger partial charge in [0.1, 0.15) is 12.4 Å². The predicted molar refractivity (Wildman–Crippen MR) is 105 cm³/mol. The minimum atomic E-state index is -3.60. The molecule has 0 heterocycles. The zero-order valence-corrected chi connectivity index (χ0v) is 16.8. The van der Waals surface area contributed by atoms with Crippen molar-refractivity contribution in [3.05, 3.63) is 59.4 Å². The summed E-state index contributed by atoms with van der Waals surface area (Å²) in [6.45, 7) is 2.62. The van der Waals surface area contributed by atoms with Crippen LogP contribution in [0, 0.1) is 12.7 Å². The average Bonchev–Trinajstić information content (AvgIpc) is 3.49. The van der Waals surface area contributed by atoms with Gasteiger partial charge in [0.2, 0.25) is 10.0 Å². The number of carbonyl (C=O) groups excluding carboxylic acids is 1. The van der Waals surface area contributed by atoms with E-state index in [0.717, 1.165) is 23.3 Å². The number of carbonyl (C=O) groups is 1. The Morgan fingerprint density at radius 1 is 1.18 bits per heavy atom. The second kappa shape index (κ2) is 8.38. The summed E-state index contributed by atoms with van der Waals surface area (Å²) in [6.07, 6.45) is 2.14. The minimum absolute atomic E-state index is 0.144. The summed E-state index contributed by atoms with van der Waals surface area (Å²) in [5.41, 5.74) is 2.03. The van der Waals surface area contributed by atoms with E-state index in [1.54, 1.807) is 31.2 Å². The molecule has 1 fully saturated rings. The maximum Gasteiger partial charge on any atom is 0.279 e. The van der Waals surface area contributed by atoms with Crippen molar-refractivity contribution in [1.82, 2.24) is 4.72 Å². The maximum atomic E-state index is 13.1. The first-order valence-electron chi connectivity index (χ1n) is 9.21. The molecule has 0 radical (unpaired) electrons. The molecule has 3 N–H and O–H groups in total. The molecule has 150 valence electrons. The van der Waals surface area contributed by atoms with E-state index < -0.39 is 10.0 Å².